The molecule has 138 valence electrons. The van der Waals surface area contributed by atoms with E-state index in [0.717, 1.165) is 34.7 Å². The molecule has 4 nitrogen and oxygen atoms in total. The zero-order chi connectivity index (χ0) is 18.5. The van der Waals surface area contributed by atoms with Gasteiger partial charge in [0.1, 0.15) is 12.4 Å². The first-order chi connectivity index (χ1) is 13.3. The van der Waals surface area contributed by atoms with Gasteiger partial charge in [-0.3, -0.25) is 0 Å². The van der Waals surface area contributed by atoms with Gasteiger partial charge < -0.3 is 19.5 Å². The van der Waals surface area contributed by atoms with Gasteiger partial charge in [-0.25, -0.2) is 0 Å². The molecule has 0 spiro atoms. The zero-order valence-electron chi connectivity index (χ0n) is 14.8. The highest BCUT2D eigenvalue weighted by molar-refractivity contribution is 6.32. The first kappa shape index (κ1) is 17.7. The van der Waals surface area contributed by atoms with Crippen LogP contribution in [0.2, 0.25) is 5.02 Å². The van der Waals surface area contributed by atoms with Crippen LogP contribution >= 0.6 is 11.6 Å². The van der Waals surface area contributed by atoms with E-state index in [1.54, 1.807) is 0 Å². The lowest BCUT2D eigenvalue weighted by Gasteiger charge is -2.11. The fourth-order valence-corrected chi connectivity index (χ4v) is 3.17. The summed E-state index contributed by atoms with van der Waals surface area (Å²) in [7, 11) is 0. The van der Waals surface area contributed by atoms with Crippen LogP contribution < -0.4 is 19.5 Å². The maximum Gasteiger partial charge on any atom is 0.231 e. The summed E-state index contributed by atoms with van der Waals surface area (Å²) in [5.74, 6) is 2.30. The van der Waals surface area contributed by atoms with Crippen molar-refractivity contribution in [2.45, 2.75) is 19.7 Å². The number of halogens is 1. The molecule has 1 aliphatic heterocycles. The van der Waals surface area contributed by atoms with Crippen LogP contribution in [0.4, 0.5) is 0 Å². The van der Waals surface area contributed by atoms with Crippen molar-refractivity contribution in [1.82, 2.24) is 5.32 Å². The van der Waals surface area contributed by atoms with Gasteiger partial charge in [-0.2, -0.15) is 0 Å². The van der Waals surface area contributed by atoms with Crippen molar-refractivity contribution >= 4 is 11.6 Å². The van der Waals surface area contributed by atoms with Gasteiger partial charge in [0, 0.05) is 13.1 Å². The van der Waals surface area contributed by atoms with Crippen LogP contribution in [0.15, 0.2) is 66.7 Å². The minimum atomic E-state index is 0.295. The number of hydrogen-bond acceptors (Lipinski definition) is 4. The minimum Gasteiger partial charge on any atom is -0.487 e. The van der Waals surface area contributed by atoms with Crippen LogP contribution in [0.25, 0.3) is 0 Å². The Balaban J connectivity index is 1.30. The summed E-state index contributed by atoms with van der Waals surface area (Å²) in [5.41, 5.74) is 3.36. The van der Waals surface area contributed by atoms with E-state index in [9.17, 15) is 0 Å². The second-order valence-electron chi connectivity index (χ2n) is 6.33. The highest BCUT2D eigenvalue weighted by atomic mass is 35.5. The summed E-state index contributed by atoms with van der Waals surface area (Å²) >= 11 is 6.37. The molecule has 0 aromatic heterocycles. The Bertz CT molecular complexity index is 915. The minimum absolute atomic E-state index is 0.295. The molecule has 0 atom stereocenters. The first-order valence-electron chi connectivity index (χ1n) is 8.82. The molecule has 1 aliphatic rings. The predicted octanol–water partition coefficient (Wildman–Crippen LogP) is 4.94. The summed E-state index contributed by atoms with van der Waals surface area (Å²) in [4.78, 5) is 0. The number of ether oxygens (including phenoxy) is 3. The standard InChI is InChI=1S/C22H20ClNO3/c23-19-10-17(6-8-20(19)25-14-16-4-2-1-3-5-16)12-24-13-18-7-9-21-22(11-18)27-15-26-21/h1-11,24H,12-15H2. The lowest BCUT2D eigenvalue weighted by atomic mass is 10.2. The Morgan fingerprint density at radius 1 is 0.815 bits per heavy atom. The van der Waals surface area contributed by atoms with Gasteiger partial charge in [0.05, 0.1) is 5.02 Å². The van der Waals surface area contributed by atoms with Gasteiger partial charge in [-0.05, 0) is 41.0 Å². The fourth-order valence-electron chi connectivity index (χ4n) is 2.91. The zero-order valence-corrected chi connectivity index (χ0v) is 15.5. The Labute approximate surface area is 163 Å². The molecule has 1 heterocycles. The topological polar surface area (TPSA) is 39.7 Å². The van der Waals surface area contributed by atoms with Gasteiger partial charge >= 0.3 is 0 Å². The smallest absolute Gasteiger partial charge is 0.231 e. The molecule has 4 rings (SSSR count). The summed E-state index contributed by atoms with van der Waals surface area (Å²) < 4.78 is 16.6. The highest BCUT2D eigenvalue weighted by Crippen LogP contribution is 2.32. The average Bonchev–Trinajstić information content (AvgIpc) is 3.16. The number of benzene rings is 3. The molecule has 0 saturated heterocycles. The van der Waals surface area contributed by atoms with Crippen molar-refractivity contribution in [3.05, 3.63) is 88.4 Å². The molecule has 0 bridgehead atoms. The van der Waals surface area contributed by atoms with Gasteiger partial charge in [0.25, 0.3) is 0 Å². The molecular formula is C22H20ClNO3. The Morgan fingerprint density at radius 3 is 2.37 bits per heavy atom. The van der Waals surface area contributed by atoms with Gasteiger partial charge in [-0.1, -0.05) is 54.1 Å². The van der Waals surface area contributed by atoms with Crippen molar-refractivity contribution in [2.24, 2.45) is 0 Å². The van der Waals surface area contributed by atoms with E-state index in [4.69, 9.17) is 25.8 Å². The summed E-state index contributed by atoms with van der Waals surface area (Å²) in [6.07, 6.45) is 0. The van der Waals surface area contributed by atoms with Gasteiger partial charge in [-0.15, -0.1) is 0 Å². The molecule has 1 N–H and O–H groups in total. The second kappa shape index (κ2) is 8.33. The molecule has 0 fully saturated rings. The van der Waals surface area contributed by atoms with E-state index in [1.165, 1.54) is 0 Å². The van der Waals surface area contributed by atoms with Crippen LogP contribution in [0.3, 0.4) is 0 Å². The Morgan fingerprint density at radius 2 is 1.56 bits per heavy atom. The molecule has 0 radical (unpaired) electrons. The fraction of sp³-hybridized carbons (Fsp3) is 0.182. The molecule has 3 aromatic carbocycles. The van der Waals surface area contributed by atoms with E-state index in [2.05, 4.69) is 5.32 Å². The SMILES string of the molecule is Clc1cc(CNCc2ccc3c(c2)OCO3)ccc1OCc1ccccc1. The van der Waals surface area contributed by atoms with E-state index >= 15 is 0 Å². The predicted molar refractivity (Wildman–Crippen MR) is 105 cm³/mol. The average molecular weight is 382 g/mol. The van der Waals surface area contributed by atoms with Crippen LogP contribution in [-0.2, 0) is 19.7 Å². The van der Waals surface area contributed by atoms with Crippen LogP contribution in [0.5, 0.6) is 17.2 Å². The van der Waals surface area contributed by atoms with Crippen molar-refractivity contribution < 1.29 is 14.2 Å². The highest BCUT2D eigenvalue weighted by Gasteiger charge is 2.12. The third-order valence-electron chi connectivity index (χ3n) is 4.33. The lowest BCUT2D eigenvalue weighted by Crippen LogP contribution is -2.12. The maximum absolute atomic E-state index is 6.37. The van der Waals surface area contributed by atoms with E-state index < -0.39 is 0 Å². The van der Waals surface area contributed by atoms with Crippen LogP contribution in [-0.4, -0.2) is 6.79 Å². The monoisotopic (exact) mass is 381 g/mol. The Kier molecular flexibility index (Phi) is 5.47. The second-order valence-corrected chi connectivity index (χ2v) is 6.74. The van der Waals surface area contributed by atoms with Crippen LogP contribution in [0.1, 0.15) is 16.7 Å². The van der Waals surface area contributed by atoms with E-state index in [1.807, 2.05) is 66.7 Å². The summed E-state index contributed by atoms with van der Waals surface area (Å²) in [5, 5.41) is 4.04. The summed E-state index contributed by atoms with van der Waals surface area (Å²) in [6, 6.07) is 21.9. The van der Waals surface area contributed by atoms with Gasteiger partial charge in [0.15, 0.2) is 11.5 Å². The number of fused-ring (bicyclic) bond motifs is 1. The molecular weight excluding hydrogens is 362 g/mol. The third kappa shape index (κ3) is 4.54. The quantitative estimate of drug-likeness (QED) is 0.629. The number of nitrogens with one attached hydrogen (secondary N) is 1. The number of rotatable bonds is 7. The van der Waals surface area contributed by atoms with Crippen LogP contribution in [0, 0.1) is 0 Å². The molecule has 5 heteroatoms. The maximum atomic E-state index is 6.37. The van der Waals surface area contributed by atoms with E-state index in [-0.39, 0.29) is 0 Å². The Hall–Kier alpha value is -2.69. The van der Waals surface area contributed by atoms with Crippen molar-refractivity contribution in [1.29, 1.82) is 0 Å². The lowest BCUT2D eigenvalue weighted by molar-refractivity contribution is 0.174. The van der Waals surface area contributed by atoms with Gasteiger partial charge in [0.2, 0.25) is 6.79 Å². The normalized spacial score (nSPS) is 12.2. The molecule has 0 aliphatic carbocycles. The summed E-state index contributed by atoms with van der Waals surface area (Å²) in [6.45, 7) is 2.25. The van der Waals surface area contributed by atoms with Crippen molar-refractivity contribution in [2.75, 3.05) is 6.79 Å². The molecule has 27 heavy (non-hydrogen) atoms. The molecule has 0 amide bonds. The molecule has 0 saturated carbocycles. The van der Waals surface area contributed by atoms with E-state index in [0.29, 0.717) is 30.7 Å². The van der Waals surface area contributed by atoms with Crippen molar-refractivity contribution in [3.8, 4) is 17.2 Å². The third-order valence-corrected chi connectivity index (χ3v) is 4.62. The number of hydrogen-bond donors (Lipinski definition) is 1. The first-order valence-corrected chi connectivity index (χ1v) is 9.20. The van der Waals surface area contributed by atoms with Crippen molar-refractivity contribution in [3.63, 3.8) is 0 Å². The molecule has 0 unspecified atom stereocenters. The molecule has 3 aromatic rings. The largest absolute Gasteiger partial charge is 0.487 e.